The van der Waals surface area contributed by atoms with Gasteiger partial charge in [0.1, 0.15) is 0 Å². The van der Waals surface area contributed by atoms with Crippen molar-refractivity contribution in [2.45, 2.75) is 38.1 Å². The van der Waals surface area contributed by atoms with Gasteiger partial charge in [-0.15, -0.1) is 13.2 Å². The summed E-state index contributed by atoms with van der Waals surface area (Å²) in [6, 6.07) is 4.64. The van der Waals surface area contributed by atoms with Crippen LogP contribution in [-0.4, -0.2) is 64.0 Å². The van der Waals surface area contributed by atoms with E-state index in [2.05, 4.69) is 29.9 Å². The van der Waals surface area contributed by atoms with Crippen LogP contribution in [0.15, 0.2) is 35.4 Å². The van der Waals surface area contributed by atoms with Crippen LogP contribution in [-0.2, 0) is 0 Å². The van der Waals surface area contributed by atoms with Gasteiger partial charge >= 0.3 is 12.1 Å². The minimum atomic E-state index is -4.87. The molecule has 2 aromatic heterocycles. The molecule has 5 rings (SSSR count). The lowest BCUT2D eigenvalue weighted by molar-refractivity contribution is -0.274. The van der Waals surface area contributed by atoms with Crippen molar-refractivity contribution in [1.82, 2.24) is 24.4 Å². The third-order valence-corrected chi connectivity index (χ3v) is 6.54. The largest absolute Gasteiger partial charge is 0.573 e. The standard InChI is InChI=1S/C23H26F3N7O2/c1-31-8-10-32(11-9-31)17-6-7-18(19(12-17)35-23(24,25)26)29-21-27-13-15-14-28-22(34)33(20(15)30-21)16-4-2-3-5-16/h6-7,12-14,16H,2-5,8-11H2,1H3,(H,27,29,30). The van der Waals surface area contributed by atoms with E-state index in [0.717, 1.165) is 38.8 Å². The van der Waals surface area contributed by atoms with Crippen LogP contribution in [0.4, 0.5) is 30.5 Å². The maximum atomic E-state index is 13.2. The third-order valence-electron chi connectivity index (χ3n) is 6.54. The second kappa shape index (κ2) is 9.33. The maximum Gasteiger partial charge on any atom is 0.573 e. The van der Waals surface area contributed by atoms with Crippen molar-refractivity contribution < 1.29 is 17.9 Å². The topological polar surface area (TPSA) is 88.4 Å². The number of aromatic nitrogens is 4. The summed E-state index contributed by atoms with van der Waals surface area (Å²) in [5.74, 6) is -0.310. The number of anilines is 3. The average Bonchev–Trinajstić information content (AvgIpc) is 3.34. The summed E-state index contributed by atoms with van der Waals surface area (Å²) >= 11 is 0. The number of nitrogens with one attached hydrogen (secondary N) is 1. The number of piperazine rings is 1. The van der Waals surface area contributed by atoms with E-state index in [1.165, 1.54) is 24.5 Å². The molecule has 1 N–H and O–H groups in total. The highest BCUT2D eigenvalue weighted by Gasteiger charge is 2.33. The highest BCUT2D eigenvalue weighted by molar-refractivity contribution is 5.76. The number of hydrogen-bond acceptors (Lipinski definition) is 8. The summed E-state index contributed by atoms with van der Waals surface area (Å²) in [6.07, 6.45) is 1.79. The quantitative estimate of drug-likeness (QED) is 0.581. The Morgan fingerprint density at radius 1 is 1.06 bits per heavy atom. The van der Waals surface area contributed by atoms with Gasteiger partial charge in [0.25, 0.3) is 0 Å². The van der Waals surface area contributed by atoms with Crippen LogP contribution in [0.5, 0.6) is 5.75 Å². The summed E-state index contributed by atoms with van der Waals surface area (Å²) < 4.78 is 45.6. The summed E-state index contributed by atoms with van der Waals surface area (Å²) in [5.41, 5.74) is 0.722. The zero-order valence-corrected chi connectivity index (χ0v) is 19.3. The van der Waals surface area contributed by atoms with Crippen molar-refractivity contribution in [3.05, 3.63) is 41.1 Å². The van der Waals surface area contributed by atoms with E-state index in [0.29, 0.717) is 29.8 Å². The molecule has 0 spiro atoms. The molecule has 1 aromatic carbocycles. The number of fused-ring (bicyclic) bond motifs is 1. The maximum absolute atomic E-state index is 13.2. The van der Waals surface area contributed by atoms with Crippen molar-refractivity contribution in [3.63, 3.8) is 0 Å². The highest BCUT2D eigenvalue weighted by Crippen LogP contribution is 2.36. The fraction of sp³-hybridized carbons (Fsp3) is 0.478. The average molecular weight is 490 g/mol. The molecule has 1 saturated carbocycles. The van der Waals surface area contributed by atoms with E-state index in [9.17, 15) is 18.0 Å². The van der Waals surface area contributed by atoms with E-state index >= 15 is 0 Å². The normalized spacial score (nSPS) is 17.8. The number of ether oxygens (including phenoxy) is 1. The molecule has 1 aliphatic heterocycles. The van der Waals surface area contributed by atoms with E-state index in [-0.39, 0.29) is 23.4 Å². The highest BCUT2D eigenvalue weighted by atomic mass is 19.4. The molecule has 1 aliphatic carbocycles. The lowest BCUT2D eigenvalue weighted by atomic mass is 10.2. The van der Waals surface area contributed by atoms with Gasteiger partial charge in [-0.1, -0.05) is 12.8 Å². The number of halogens is 3. The molecule has 0 radical (unpaired) electrons. The molecule has 2 aliphatic rings. The summed E-state index contributed by atoms with van der Waals surface area (Å²) in [7, 11) is 2.01. The molecule has 0 bridgehead atoms. The molecule has 0 unspecified atom stereocenters. The Hall–Kier alpha value is -3.41. The van der Waals surface area contributed by atoms with Crippen LogP contribution in [0.25, 0.3) is 11.0 Å². The van der Waals surface area contributed by atoms with Gasteiger partial charge in [-0.2, -0.15) is 4.98 Å². The SMILES string of the molecule is CN1CCN(c2ccc(Nc3ncc4cnc(=O)n(C5CCCC5)c4n3)c(OC(F)(F)F)c2)CC1. The van der Waals surface area contributed by atoms with Crippen LogP contribution < -0.4 is 20.6 Å². The lowest BCUT2D eigenvalue weighted by Gasteiger charge is -2.34. The second-order valence-electron chi connectivity index (χ2n) is 8.97. The number of alkyl halides is 3. The minimum absolute atomic E-state index is 0.00607. The number of likely N-dealkylation sites (N-methyl/N-ethyl adjacent to an activating group) is 1. The Kier molecular flexibility index (Phi) is 6.22. The number of rotatable bonds is 5. The summed E-state index contributed by atoms with van der Waals surface area (Å²) in [4.78, 5) is 29.4. The van der Waals surface area contributed by atoms with Crippen molar-refractivity contribution in [1.29, 1.82) is 0 Å². The van der Waals surface area contributed by atoms with Crippen LogP contribution in [0.3, 0.4) is 0 Å². The first kappa shape index (κ1) is 23.3. The third kappa shape index (κ3) is 5.16. The van der Waals surface area contributed by atoms with Crippen LogP contribution >= 0.6 is 0 Å². The first-order valence-electron chi connectivity index (χ1n) is 11.6. The summed E-state index contributed by atoms with van der Waals surface area (Å²) in [5, 5.41) is 3.43. The molecular weight excluding hydrogens is 463 g/mol. The molecule has 0 atom stereocenters. The molecule has 12 heteroatoms. The molecule has 35 heavy (non-hydrogen) atoms. The van der Waals surface area contributed by atoms with Gasteiger partial charge in [-0.25, -0.2) is 14.8 Å². The van der Waals surface area contributed by atoms with Gasteiger partial charge in [0.2, 0.25) is 5.95 Å². The van der Waals surface area contributed by atoms with Gasteiger partial charge in [0.15, 0.2) is 11.4 Å². The summed E-state index contributed by atoms with van der Waals surface area (Å²) in [6.45, 7) is 3.04. The molecule has 2 fully saturated rings. The Morgan fingerprint density at radius 2 is 1.77 bits per heavy atom. The van der Waals surface area contributed by atoms with Crippen molar-refractivity contribution in [2.24, 2.45) is 0 Å². The molecule has 1 saturated heterocycles. The number of hydrogen-bond donors (Lipinski definition) is 1. The fourth-order valence-electron chi connectivity index (χ4n) is 4.70. The number of nitrogens with zero attached hydrogens (tertiary/aromatic N) is 6. The molecule has 186 valence electrons. The predicted octanol–water partition coefficient (Wildman–Crippen LogP) is 3.70. The zero-order valence-electron chi connectivity index (χ0n) is 19.3. The lowest BCUT2D eigenvalue weighted by Crippen LogP contribution is -2.44. The van der Waals surface area contributed by atoms with Gasteiger partial charge in [0.05, 0.1) is 11.1 Å². The monoisotopic (exact) mass is 489 g/mol. The van der Waals surface area contributed by atoms with Gasteiger partial charge in [0, 0.05) is 56.4 Å². The molecular formula is C23H26F3N7O2. The van der Waals surface area contributed by atoms with E-state index in [1.807, 2.05) is 11.9 Å². The van der Waals surface area contributed by atoms with E-state index < -0.39 is 12.1 Å². The number of benzene rings is 1. The van der Waals surface area contributed by atoms with Crippen LogP contribution in [0.1, 0.15) is 31.7 Å². The van der Waals surface area contributed by atoms with Crippen molar-refractivity contribution in [2.75, 3.05) is 43.4 Å². The Labute approximate surface area is 199 Å². The molecule has 9 nitrogen and oxygen atoms in total. The second-order valence-corrected chi connectivity index (χ2v) is 8.97. The first-order chi connectivity index (χ1) is 16.8. The van der Waals surface area contributed by atoms with Crippen LogP contribution in [0, 0.1) is 0 Å². The van der Waals surface area contributed by atoms with Crippen LogP contribution in [0.2, 0.25) is 0 Å². The predicted molar refractivity (Wildman–Crippen MR) is 125 cm³/mol. The van der Waals surface area contributed by atoms with Crippen molar-refractivity contribution in [3.8, 4) is 5.75 Å². The molecule has 3 aromatic rings. The Morgan fingerprint density at radius 3 is 2.49 bits per heavy atom. The fourth-order valence-corrected chi connectivity index (χ4v) is 4.70. The van der Waals surface area contributed by atoms with Gasteiger partial charge in [-0.3, -0.25) is 4.57 Å². The minimum Gasteiger partial charge on any atom is -0.403 e. The zero-order chi connectivity index (χ0) is 24.6. The molecule has 3 heterocycles. The van der Waals surface area contributed by atoms with Gasteiger partial charge in [-0.05, 0) is 32.0 Å². The first-order valence-corrected chi connectivity index (χ1v) is 11.6. The Bertz CT molecular complexity index is 1270. The van der Waals surface area contributed by atoms with Gasteiger partial charge < -0.3 is 19.9 Å². The smallest absolute Gasteiger partial charge is 0.403 e. The van der Waals surface area contributed by atoms with E-state index in [1.54, 1.807) is 10.6 Å². The van der Waals surface area contributed by atoms with E-state index in [4.69, 9.17) is 0 Å². The van der Waals surface area contributed by atoms with Crippen molar-refractivity contribution >= 4 is 28.4 Å². The Balaban J connectivity index is 1.49. The molecule has 0 amide bonds.